The van der Waals surface area contributed by atoms with E-state index < -0.39 is 0 Å². The first-order chi connectivity index (χ1) is 9.81. The summed E-state index contributed by atoms with van der Waals surface area (Å²) >= 11 is 0. The molecule has 0 spiro atoms. The van der Waals surface area contributed by atoms with Crippen LogP contribution in [-0.4, -0.2) is 34.6 Å². The summed E-state index contributed by atoms with van der Waals surface area (Å²) < 4.78 is 5.51. The van der Waals surface area contributed by atoms with Crippen molar-refractivity contribution in [1.82, 2.24) is 15.0 Å². The standard InChI is InChI=1S/C14H25N5O/c1-3-9-20-14-18-12(15-4-2)17-13(19-14)16-10-11-7-5-6-8-11/h11H,3-10H2,1-2H3,(H2,15,16,17,18,19). The molecule has 0 saturated heterocycles. The van der Waals surface area contributed by atoms with E-state index in [0.29, 0.717) is 24.5 Å². The van der Waals surface area contributed by atoms with E-state index in [9.17, 15) is 0 Å². The van der Waals surface area contributed by atoms with E-state index in [1.54, 1.807) is 0 Å². The Labute approximate surface area is 120 Å². The number of nitrogens with one attached hydrogen (secondary N) is 2. The second-order valence-electron chi connectivity index (χ2n) is 5.18. The number of hydrogen-bond donors (Lipinski definition) is 2. The molecule has 112 valence electrons. The normalized spacial score (nSPS) is 15.3. The van der Waals surface area contributed by atoms with Crippen LogP contribution in [0.4, 0.5) is 11.9 Å². The summed E-state index contributed by atoms with van der Waals surface area (Å²) in [6.07, 6.45) is 6.23. The molecule has 0 radical (unpaired) electrons. The van der Waals surface area contributed by atoms with Gasteiger partial charge in [-0.05, 0) is 32.1 Å². The molecule has 1 aliphatic rings. The summed E-state index contributed by atoms with van der Waals surface area (Å²) in [5.41, 5.74) is 0. The molecular weight excluding hydrogens is 254 g/mol. The minimum Gasteiger partial charge on any atom is -0.463 e. The van der Waals surface area contributed by atoms with E-state index in [1.165, 1.54) is 25.7 Å². The minimum atomic E-state index is 0.395. The number of ether oxygens (including phenoxy) is 1. The lowest BCUT2D eigenvalue weighted by atomic mass is 10.1. The van der Waals surface area contributed by atoms with Gasteiger partial charge in [0.15, 0.2) is 0 Å². The van der Waals surface area contributed by atoms with Crippen LogP contribution in [0.1, 0.15) is 46.0 Å². The molecule has 2 rings (SSSR count). The molecule has 1 aromatic heterocycles. The summed E-state index contributed by atoms with van der Waals surface area (Å²) in [7, 11) is 0. The van der Waals surface area contributed by atoms with Crippen molar-refractivity contribution in [1.29, 1.82) is 0 Å². The first kappa shape index (κ1) is 14.8. The van der Waals surface area contributed by atoms with Crippen LogP contribution in [-0.2, 0) is 0 Å². The molecule has 1 aromatic rings. The fourth-order valence-electron chi connectivity index (χ4n) is 2.38. The third-order valence-electron chi connectivity index (χ3n) is 3.41. The van der Waals surface area contributed by atoms with Crippen molar-refractivity contribution in [2.24, 2.45) is 5.92 Å². The van der Waals surface area contributed by atoms with Crippen molar-refractivity contribution < 1.29 is 4.74 Å². The minimum absolute atomic E-state index is 0.395. The maximum Gasteiger partial charge on any atom is 0.323 e. The van der Waals surface area contributed by atoms with Gasteiger partial charge in [-0.3, -0.25) is 0 Å². The van der Waals surface area contributed by atoms with Gasteiger partial charge in [-0.1, -0.05) is 19.8 Å². The summed E-state index contributed by atoms with van der Waals surface area (Å²) in [6, 6.07) is 0.395. The van der Waals surface area contributed by atoms with E-state index in [0.717, 1.165) is 25.4 Å². The van der Waals surface area contributed by atoms with Crippen LogP contribution in [0.5, 0.6) is 6.01 Å². The van der Waals surface area contributed by atoms with Crippen molar-refractivity contribution in [3.8, 4) is 6.01 Å². The highest BCUT2D eigenvalue weighted by atomic mass is 16.5. The van der Waals surface area contributed by atoms with Gasteiger partial charge in [0, 0.05) is 13.1 Å². The highest BCUT2D eigenvalue weighted by Crippen LogP contribution is 2.24. The third kappa shape index (κ3) is 4.51. The van der Waals surface area contributed by atoms with Gasteiger partial charge >= 0.3 is 6.01 Å². The fourth-order valence-corrected chi connectivity index (χ4v) is 2.38. The number of aromatic nitrogens is 3. The highest BCUT2D eigenvalue weighted by Gasteiger charge is 2.15. The number of rotatable bonds is 8. The molecule has 0 aliphatic heterocycles. The average Bonchev–Trinajstić information content (AvgIpc) is 2.96. The topological polar surface area (TPSA) is 72.0 Å². The van der Waals surface area contributed by atoms with Crippen LogP contribution < -0.4 is 15.4 Å². The lowest BCUT2D eigenvalue weighted by Crippen LogP contribution is -2.15. The predicted octanol–water partition coefficient (Wildman–Crippen LogP) is 2.69. The van der Waals surface area contributed by atoms with E-state index in [2.05, 4.69) is 32.5 Å². The Bertz CT molecular complexity index is 407. The zero-order valence-electron chi connectivity index (χ0n) is 12.5. The van der Waals surface area contributed by atoms with Crippen LogP contribution in [0.2, 0.25) is 0 Å². The molecule has 0 amide bonds. The van der Waals surface area contributed by atoms with E-state index in [4.69, 9.17) is 4.74 Å². The molecule has 1 saturated carbocycles. The van der Waals surface area contributed by atoms with Crippen LogP contribution >= 0.6 is 0 Å². The van der Waals surface area contributed by atoms with Gasteiger partial charge in [0.1, 0.15) is 0 Å². The maximum absolute atomic E-state index is 5.51. The summed E-state index contributed by atoms with van der Waals surface area (Å²) in [4.78, 5) is 12.9. The molecular formula is C14H25N5O. The monoisotopic (exact) mass is 279 g/mol. The van der Waals surface area contributed by atoms with Gasteiger partial charge in [-0.2, -0.15) is 15.0 Å². The van der Waals surface area contributed by atoms with Crippen molar-refractivity contribution >= 4 is 11.9 Å². The van der Waals surface area contributed by atoms with Crippen LogP contribution in [0.15, 0.2) is 0 Å². The van der Waals surface area contributed by atoms with Crippen LogP contribution in [0.25, 0.3) is 0 Å². The molecule has 0 atom stereocenters. The lowest BCUT2D eigenvalue weighted by Gasteiger charge is -2.12. The smallest absolute Gasteiger partial charge is 0.323 e. The van der Waals surface area contributed by atoms with E-state index >= 15 is 0 Å². The quantitative estimate of drug-likeness (QED) is 0.762. The molecule has 0 bridgehead atoms. The summed E-state index contributed by atoms with van der Waals surface area (Å²) in [5.74, 6) is 1.92. The molecule has 6 heteroatoms. The Hall–Kier alpha value is -1.59. The fraction of sp³-hybridized carbons (Fsp3) is 0.786. The molecule has 1 fully saturated rings. The predicted molar refractivity (Wildman–Crippen MR) is 80.2 cm³/mol. The Balaban J connectivity index is 1.98. The Morgan fingerprint density at radius 3 is 2.40 bits per heavy atom. The largest absolute Gasteiger partial charge is 0.463 e. The third-order valence-corrected chi connectivity index (χ3v) is 3.41. The van der Waals surface area contributed by atoms with E-state index in [-0.39, 0.29) is 0 Å². The molecule has 2 N–H and O–H groups in total. The van der Waals surface area contributed by atoms with Gasteiger partial charge in [0.25, 0.3) is 0 Å². The Morgan fingerprint density at radius 2 is 1.75 bits per heavy atom. The van der Waals surface area contributed by atoms with Crippen molar-refractivity contribution in [2.45, 2.75) is 46.0 Å². The van der Waals surface area contributed by atoms with Gasteiger partial charge in [0.2, 0.25) is 11.9 Å². The van der Waals surface area contributed by atoms with Crippen LogP contribution in [0, 0.1) is 5.92 Å². The average molecular weight is 279 g/mol. The second-order valence-corrected chi connectivity index (χ2v) is 5.18. The molecule has 20 heavy (non-hydrogen) atoms. The molecule has 1 heterocycles. The Morgan fingerprint density at radius 1 is 1.05 bits per heavy atom. The zero-order chi connectivity index (χ0) is 14.2. The highest BCUT2D eigenvalue weighted by molar-refractivity contribution is 5.35. The van der Waals surface area contributed by atoms with E-state index in [1.807, 2.05) is 6.92 Å². The van der Waals surface area contributed by atoms with Gasteiger partial charge in [0.05, 0.1) is 6.61 Å². The number of nitrogens with zero attached hydrogens (tertiary/aromatic N) is 3. The van der Waals surface area contributed by atoms with Crippen LogP contribution in [0.3, 0.4) is 0 Å². The van der Waals surface area contributed by atoms with Gasteiger partial charge in [-0.25, -0.2) is 0 Å². The van der Waals surface area contributed by atoms with Crippen molar-refractivity contribution in [3.05, 3.63) is 0 Å². The zero-order valence-corrected chi connectivity index (χ0v) is 12.5. The number of anilines is 2. The molecule has 0 aromatic carbocycles. The lowest BCUT2D eigenvalue weighted by molar-refractivity contribution is 0.292. The molecule has 1 aliphatic carbocycles. The number of hydrogen-bond acceptors (Lipinski definition) is 6. The van der Waals surface area contributed by atoms with Crippen molar-refractivity contribution in [3.63, 3.8) is 0 Å². The Kier molecular flexibility index (Phi) is 5.83. The summed E-state index contributed by atoms with van der Waals surface area (Å²) in [6.45, 7) is 6.41. The SMILES string of the molecule is CCCOc1nc(NCC)nc(NCC2CCCC2)n1. The maximum atomic E-state index is 5.51. The first-order valence-corrected chi connectivity index (χ1v) is 7.68. The second kappa shape index (κ2) is 7.87. The first-order valence-electron chi connectivity index (χ1n) is 7.68. The molecule has 0 unspecified atom stereocenters. The molecule has 6 nitrogen and oxygen atoms in total. The van der Waals surface area contributed by atoms with Crippen molar-refractivity contribution in [2.75, 3.05) is 30.3 Å². The van der Waals surface area contributed by atoms with Gasteiger partial charge < -0.3 is 15.4 Å². The van der Waals surface area contributed by atoms with Gasteiger partial charge in [-0.15, -0.1) is 0 Å². The summed E-state index contributed by atoms with van der Waals surface area (Å²) in [5, 5.41) is 6.43.